The van der Waals surface area contributed by atoms with Crippen LogP contribution in [0, 0.1) is 5.82 Å². The number of hydrogen-bond acceptors (Lipinski definition) is 3. The molecule has 2 aromatic carbocycles. The van der Waals surface area contributed by atoms with Gasteiger partial charge in [-0.2, -0.15) is 5.10 Å². The average molecular weight is 325 g/mol. The van der Waals surface area contributed by atoms with E-state index in [1.165, 1.54) is 18.2 Å². The van der Waals surface area contributed by atoms with Crippen LogP contribution < -0.4 is 5.32 Å². The number of aromatic hydroxyl groups is 1. The number of carbonyl (C=O) groups excluding carboxylic acids is 1. The third-order valence-electron chi connectivity index (χ3n) is 3.79. The van der Waals surface area contributed by atoms with Crippen molar-refractivity contribution in [1.82, 2.24) is 15.5 Å². The van der Waals surface area contributed by atoms with Crippen LogP contribution in [0.3, 0.4) is 0 Å². The van der Waals surface area contributed by atoms with E-state index in [-0.39, 0.29) is 23.5 Å². The Morgan fingerprint density at radius 1 is 1.25 bits per heavy atom. The molecule has 0 spiro atoms. The highest BCUT2D eigenvalue weighted by molar-refractivity contribution is 5.95. The van der Waals surface area contributed by atoms with Gasteiger partial charge in [-0.1, -0.05) is 12.1 Å². The van der Waals surface area contributed by atoms with Gasteiger partial charge in [0.25, 0.3) is 5.91 Å². The van der Waals surface area contributed by atoms with Gasteiger partial charge < -0.3 is 10.4 Å². The Kier molecular flexibility index (Phi) is 4.29. The van der Waals surface area contributed by atoms with Crippen LogP contribution in [0.25, 0.3) is 11.1 Å². The normalized spacial score (nSPS) is 11.9. The third-order valence-corrected chi connectivity index (χ3v) is 3.79. The Morgan fingerprint density at radius 3 is 2.62 bits per heavy atom. The molecule has 6 heteroatoms. The summed E-state index contributed by atoms with van der Waals surface area (Å²) >= 11 is 0. The molecule has 0 radical (unpaired) electrons. The number of aromatic amines is 1. The minimum absolute atomic E-state index is 0.00140. The second kappa shape index (κ2) is 6.54. The molecule has 3 aromatic rings. The van der Waals surface area contributed by atoms with E-state index in [1.54, 1.807) is 36.7 Å². The van der Waals surface area contributed by atoms with E-state index in [9.17, 15) is 14.3 Å². The predicted molar refractivity (Wildman–Crippen MR) is 88.0 cm³/mol. The molecule has 0 saturated carbocycles. The molecule has 0 saturated heterocycles. The fourth-order valence-corrected chi connectivity index (χ4v) is 2.43. The molecule has 122 valence electrons. The van der Waals surface area contributed by atoms with Gasteiger partial charge in [0, 0.05) is 22.9 Å². The number of amides is 1. The Morgan fingerprint density at radius 2 is 2.00 bits per heavy atom. The summed E-state index contributed by atoms with van der Waals surface area (Å²) in [6.07, 6.45) is 3.25. The van der Waals surface area contributed by atoms with Crippen molar-refractivity contribution >= 4 is 5.91 Å². The number of nitrogens with zero attached hydrogens (tertiary/aromatic N) is 1. The summed E-state index contributed by atoms with van der Waals surface area (Å²) in [7, 11) is 0. The van der Waals surface area contributed by atoms with Gasteiger partial charge in [-0.15, -0.1) is 0 Å². The first kappa shape index (κ1) is 15.7. The zero-order valence-corrected chi connectivity index (χ0v) is 13.0. The Balaban J connectivity index is 1.75. The lowest BCUT2D eigenvalue weighted by Crippen LogP contribution is -2.26. The number of aromatic nitrogens is 2. The molecule has 0 fully saturated rings. The minimum Gasteiger partial charge on any atom is -0.507 e. The van der Waals surface area contributed by atoms with Crippen LogP contribution in [0.5, 0.6) is 5.75 Å². The summed E-state index contributed by atoms with van der Waals surface area (Å²) in [5.41, 5.74) is 2.46. The summed E-state index contributed by atoms with van der Waals surface area (Å²) in [5.74, 6) is -0.642. The van der Waals surface area contributed by atoms with Gasteiger partial charge in [0.1, 0.15) is 11.6 Å². The number of rotatable bonds is 4. The highest BCUT2D eigenvalue weighted by Crippen LogP contribution is 2.29. The molecule has 0 bridgehead atoms. The van der Waals surface area contributed by atoms with E-state index in [2.05, 4.69) is 15.5 Å². The van der Waals surface area contributed by atoms with Gasteiger partial charge in [0.05, 0.1) is 12.2 Å². The minimum atomic E-state index is -0.322. The van der Waals surface area contributed by atoms with E-state index in [0.29, 0.717) is 11.1 Å². The van der Waals surface area contributed by atoms with E-state index in [4.69, 9.17) is 0 Å². The molecule has 3 rings (SSSR count). The average Bonchev–Trinajstić information content (AvgIpc) is 3.09. The number of phenols is 1. The Hall–Kier alpha value is -3.15. The van der Waals surface area contributed by atoms with Gasteiger partial charge in [-0.25, -0.2) is 4.39 Å². The lowest BCUT2D eigenvalue weighted by atomic mass is 10.0. The van der Waals surface area contributed by atoms with Crippen LogP contribution in [-0.2, 0) is 0 Å². The molecule has 3 N–H and O–H groups in total. The first-order chi connectivity index (χ1) is 11.5. The second-order valence-corrected chi connectivity index (χ2v) is 5.47. The van der Waals surface area contributed by atoms with Crippen molar-refractivity contribution in [2.75, 3.05) is 0 Å². The number of phenolic OH excluding ortho intramolecular Hbond substituents is 1. The molecule has 24 heavy (non-hydrogen) atoms. The molecule has 1 atom stereocenters. The molecule has 1 amide bonds. The lowest BCUT2D eigenvalue weighted by molar-refractivity contribution is 0.0939. The highest BCUT2D eigenvalue weighted by atomic mass is 19.1. The van der Waals surface area contributed by atoms with Crippen molar-refractivity contribution in [1.29, 1.82) is 0 Å². The van der Waals surface area contributed by atoms with Crippen molar-refractivity contribution in [3.8, 4) is 16.9 Å². The quantitative estimate of drug-likeness (QED) is 0.688. The van der Waals surface area contributed by atoms with Gasteiger partial charge in [0.15, 0.2) is 0 Å². The highest BCUT2D eigenvalue weighted by Gasteiger charge is 2.14. The van der Waals surface area contributed by atoms with Gasteiger partial charge >= 0.3 is 0 Å². The van der Waals surface area contributed by atoms with E-state index in [1.807, 2.05) is 6.92 Å². The molecular weight excluding hydrogens is 309 g/mol. The first-order valence-electron chi connectivity index (χ1n) is 7.43. The van der Waals surface area contributed by atoms with Crippen LogP contribution in [0.2, 0.25) is 0 Å². The maximum atomic E-state index is 13.0. The Bertz CT molecular complexity index is 845. The maximum absolute atomic E-state index is 13.0. The molecule has 5 nitrogen and oxygen atoms in total. The smallest absolute Gasteiger partial charge is 0.251 e. The monoisotopic (exact) mass is 325 g/mol. The zero-order valence-electron chi connectivity index (χ0n) is 13.0. The van der Waals surface area contributed by atoms with Gasteiger partial charge in [0.2, 0.25) is 0 Å². The zero-order chi connectivity index (χ0) is 17.1. The van der Waals surface area contributed by atoms with Crippen LogP contribution in [0.15, 0.2) is 54.9 Å². The number of benzene rings is 2. The molecular formula is C18H16FN3O2. The van der Waals surface area contributed by atoms with Crippen LogP contribution in [0.1, 0.15) is 28.9 Å². The lowest BCUT2D eigenvalue weighted by Gasteiger charge is -2.15. The standard InChI is InChI=1S/C18H16FN3O2/c1-11(12-2-5-15(19)6-3-12)22-18(24)13-4-7-16(17(23)8-13)14-9-20-21-10-14/h2-11,23H,1H3,(H,20,21)(H,22,24)/t11-/m1/s1. The summed E-state index contributed by atoms with van der Waals surface area (Å²) < 4.78 is 13.0. The van der Waals surface area contributed by atoms with Gasteiger partial charge in [-0.3, -0.25) is 9.89 Å². The molecule has 1 aromatic heterocycles. The van der Waals surface area contributed by atoms with E-state index >= 15 is 0 Å². The SMILES string of the molecule is C[C@@H](NC(=O)c1ccc(-c2cn[nH]c2)c(O)c1)c1ccc(F)cc1. The molecule has 0 aliphatic heterocycles. The Labute approximate surface area is 138 Å². The molecule has 0 aliphatic carbocycles. The molecule has 0 aliphatic rings. The number of carbonyl (C=O) groups is 1. The number of H-pyrrole nitrogens is 1. The second-order valence-electron chi connectivity index (χ2n) is 5.47. The topological polar surface area (TPSA) is 78.0 Å². The van der Waals surface area contributed by atoms with Crippen molar-refractivity contribution in [3.63, 3.8) is 0 Å². The van der Waals surface area contributed by atoms with Gasteiger partial charge in [-0.05, 0) is 42.8 Å². The van der Waals surface area contributed by atoms with Crippen molar-refractivity contribution in [2.45, 2.75) is 13.0 Å². The van der Waals surface area contributed by atoms with E-state index < -0.39 is 0 Å². The van der Waals surface area contributed by atoms with Crippen LogP contribution in [0.4, 0.5) is 4.39 Å². The van der Waals surface area contributed by atoms with Crippen molar-refractivity contribution in [3.05, 3.63) is 71.8 Å². The van der Waals surface area contributed by atoms with Crippen LogP contribution >= 0.6 is 0 Å². The molecule has 1 heterocycles. The fraction of sp³-hybridized carbons (Fsp3) is 0.111. The van der Waals surface area contributed by atoms with Crippen LogP contribution in [-0.4, -0.2) is 21.2 Å². The van der Waals surface area contributed by atoms with Crippen molar-refractivity contribution in [2.24, 2.45) is 0 Å². The summed E-state index contributed by atoms with van der Waals surface area (Å²) in [4.78, 5) is 12.3. The fourth-order valence-electron chi connectivity index (χ4n) is 2.43. The number of halogens is 1. The summed E-state index contributed by atoms with van der Waals surface area (Å²) in [6.45, 7) is 1.81. The molecule has 0 unspecified atom stereocenters. The summed E-state index contributed by atoms with van der Waals surface area (Å²) in [5, 5.41) is 19.5. The van der Waals surface area contributed by atoms with E-state index in [0.717, 1.165) is 11.1 Å². The number of hydrogen-bond donors (Lipinski definition) is 3. The maximum Gasteiger partial charge on any atom is 0.251 e. The number of nitrogens with one attached hydrogen (secondary N) is 2. The third kappa shape index (κ3) is 3.27. The summed E-state index contributed by atoms with van der Waals surface area (Å²) in [6, 6.07) is 10.4. The predicted octanol–water partition coefficient (Wildman–Crippen LogP) is 3.41. The first-order valence-corrected chi connectivity index (χ1v) is 7.43. The van der Waals surface area contributed by atoms with Crippen molar-refractivity contribution < 1.29 is 14.3 Å². The largest absolute Gasteiger partial charge is 0.507 e.